The summed E-state index contributed by atoms with van der Waals surface area (Å²) in [5, 5.41) is 18.7. The number of hydrogen-bond donors (Lipinski definition) is 1. The molecular weight excluding hydrogens is 390 g/mol. The van der Waals surface area contributed by atoms with Crippen LogP contribution < -0.4 is 56.5 Å². The third-order valence-electron chi connectivity index (χ3n) is 4.00. The molecule has 0 saturated carbocycles. The van der Waals surface area contributed by atoms with Gasteiger partial charge in [-0.15, -0.1) is 0 Å². The molecular formula is C20H34KO5P. The number of carbonyl (C=O) groups is 2. The Morgan fingerprint density at radius 2 is 1.33 bits per heavy atom. The molecule has 0 fully saturated rings. The van der Waals surface area contributed by atoms with Crippen molar-refractivity contribution in [2.75, 3.05) is 18.5 Å². The summed E-state index contributed by atoms with van der Waals surface area (Å²) >= 11 is 0. The summed E-state index contributed by atoms with van der Waals surface area (Å²) in [7, 11) is 0.0675. The minimum absolute atomic E-state index is 0. The summed E-state index contributed by atoms with van der Waals surface area (Å²) in [6, 6.07) is 5.00. The summed E-state index contributed by atoms with van der Waals surface area (Å²) in [4.78, 5) is 20.6. The first-order valence-corrected chi connectivity index (χ1v) is 11.5. The van der Waals surface area contributed by atoms with Crippen LogP contribution in [0, 0.1) is 0 Å². The Kier molecular flexibility index (Phi) is 24.7. The first-order valence-electron chi connectivity index (χ1n) is 9.34. The molecule has 0 radical (unpaired) electrons. The van der Waals surface area contributed by atoms with Crippen LogP contribution in [0.5, 0.6) is 0 Å². The second kappa shape index (κ2) is 20.9. The van der Waals surface area contributed by atoms with Gasteiger partial charge in [-0.2, -0.15) is 0 Å². The van der Waals surface area contributed by atoms with Crippen LogP contribution in [0.1, 0.15) is 80.0 Å². The first kappa shape index (κ1) is 31.9. The monoisotopic (exact) mass is 424 g/mol. The van der Waals surface area contributed by atoms with Gasteiger partial charge < -0.3 is 20.5 Å². The maximum absolute atomic E-state index is 10.4. The molecule has 0 atom stereocenters. The van der Waals surface area contributed by atoms with E-state index in [0.29, 0.717) is 0 Å². The fourth-order valence-electron chi connectivity index (χ4n) is 2.43. The molecule has 0 bridgehead atoms. The zero-order chi connectivity index (χ0) is 19.1. The molecule has 0 saturated heterocycles. The minimum atomic E-state index is -1.38. The molecule has 27 heavy (non-hydrogen) atoms. The van der Waals surface area contributed by atoms with E-state index in [1.165, 1.54) is 56.7 Å². The average Bonchev–Trinajstić information content (AvgIpc) is 2.61. The number of rotatable bonds is 11. The van der Waals surface area contributed by atoms with Crippen molar-refractivity contribution in [2.45, 2.75) is 59.3 Å². The third-order valence-corrected chi connectivity index (χ3v) is 7.18. The van der Waals surface area contributed by atoms with Crippen molar-refractivity contribution in [3.63, 3.8) is 0 Å². The van der Waals surface area contributed by atoms with Crippen LogP contribution in [0.2, 0.25) is 0 Å². The van der Waals surface area contributed by atoms with E-state index in [-0.39, 0.29) is 75.9 Å². The number of aromatic carboxylic acids is 2. The van der Waals surface area contributed by atoms with Gasteiger partial charge in [-0.1, -0.05) is 52.2 Å². The molecule has 0 aliphatic rings. The van der Waals surface area contributed by atoms with E-state index in [9.17, 15) is 14.7 Å². The van der Waals surface area contributed by atoms with Crippen molar-refractivity contribution in [3.05, 3.63) is 35.4 Å². The topological polar surface area (TPSA) is 107 Å². The summed E-state index contributed by atoms with van der Waals surface area (Å²) in [6.07, 6.45) is 13.4. The summed E-state index contributed by atoms with van der Waals surface area (Å²) in [6.45, 7) is 6.96. The number of unbranched alkanes of at least 4 members (excludes halogenated alkanes) is 3. The molecule has 0 aliphatic carbocycles. The van der Waals surface area contributed by atoms with Gasteiger partial charge in [0, 0.05) is 7.92 Å². The maximum Gasteiger partial charge on any atom is 1.00 e. The third kappa shape index (κ3) is 16.8. The van der Waals surface area contributed by atoms with Crippen molar-refractivity contribution < 1.29 is 76.7 Å². The molecule has 1 aromatic carbocycles. The van der Waals surface area contributed by atoms with Crippen LogP contribution in [-0.4, -0.2) is 41.0 Å². The average molecular weight is 425 g/mol. The SMILES string of the molecule is CCCC[PH+](CCCC)CCCC.O=C([O-])c1cccc(C(=O)O)c1.[K+].[OH-]. The smallest absolute Gasteiger partial charge is 0.870 e. The van der Waals surface area contributed by atoms with Crippen LogP contribution >= 0.6 is 7.92 Å². The molecule has 1 aromatic rings. The van der Waals surface area contributed by atoms with E-state index in [0.717, 1.165) is 6.07 Å². The molecule has 0 aromatic heterocycles. The molecule has 0 heterocycles. The molecule has 0 unspecified atom stereocenters. The van der Waals surface area contributed by atoms with Crippen LogP contribution in [0.3, 0.4) is 0 Å². The predicted octanol–water partition coefficient (Wildman–Crippen LogP) is 1.18. The van der Waals surface area contributed by atoms with Gasteiger partial charge in [0.1, 0.15) is 0 Å². The molecule has 0 aliphatic heterocycles. The second-order valence-electron chi connectivity index (χ2n) is 6.23. The Morgan fingerprint density at radius 3 is 1.67 bits per heavy atom. The molecule has 7 heteroatoms. The largest absolute Gasteiger partial charge is 1.00 e. The fraction of sp³-hybridized carbons (Fsp3) is 0.600. The van der Waals surface area contributed by atoms with Crippen molar-refractivity contribution in [3.8, 4) is 0 Å². The second-order valence-corrected chi connectivity index (χ2v) is 9.23. The van der Waals surface area contributed by atoms with Gasteiger partial charge in [0.25, 0.3) is 0 Å². The Labute approximate surface area is 207 Å². The zero-order valence-corrected chi connectivity index (χ0v) is 21.4. The Morgan fingerprint density at radius 1 is 0.926 bits per heavy atom. The van der Waals surface area contributed by atoms with Gasteiger partial charge in [-0.3, -0.25) is 0 Å². The van der Waals surface area contributed by atoms with Gasteiger partial charge in [0.05, 0.1) is 30.0 Å². The van der Waals surface area contributed by atoms with Crippen molar-refractivity contribution >= 4 is 19.9 Å². The van der Waals surface area contributed by atoms with Crippen LogP contribution in [0.25, 0.3) is 0 Å². The summed E-state index contributed by atoms with van der Waals surface area (Å²) in [5.41, 5.74) is -0.188. The zero-order valence-electron chi connectivity index (χ0n) is 17.3. The minimum Gasteiger partial charge on any atom is -0.870 e. The van der Waals surface area contributed by atoms with Crippen LogP contribution in [0.4, 0.5) is 0 Å². The number of hydrogen-bond acceptors (Lipinski definition) is 4. The summed E-state index contributed by atoms with van der Waals surface area (Å²) in [5.74, 6) is -2.53. The quantitative estimate of drug-likeness (QED) is 0.424. The van der Waals surface area contributed by atoms with E-state index >= 15 is 0 Å². The molecule has 2 N–H and O–H groups in total. The number of carbonyl (C=O) groups excluding carboxylic acids is 1. The van der Waals surface area contributed by atoms with E-state index in [1.807, 2.05) is 0 Å². The Bertz CT molecular complexity index is 463. The normalized spacial score (nSPS) is 9.48. The standard InChI is InChI=1S/C12H27P.C8H6O4.K.H2O/c1-4-7-10-13(11-8-5-2)12-9-6-3;9-7(10)5-2-1-3-6(4-5)8(11)12;;/h4-12H2,1-3H3;1-4H,(H,9,10)(H,11,12);;1H2/q;;+1;/p-1. The first-order chi connectivity index (χ1) is 12.0. The van der Waals surface area contributed by atoms with Crippen molar-refractivity contribution in [1.29, 1.82) is 0 Å². The van der Waals surface area contributed by atoms with Crippen LogP contribution in [-0.2, 0) is 0 Å². The van der Waals surface area contributed by atoms with E-state index < -0.39 is 11.9 Å². The van der Waals surface area contributed by atoms with Crippen molar-refractivity contribution in [2.24, 2.45) is 0 Å². The van der Waals surface area contributed by atoms with Crippen LogP contribution in [0.15, 0.2) is 24.3 Å². The number of carboxylic acids is 2. The Hall–Kier alpha value is 0.186. The van der Waals surface area contributed by atoms with Gasteiger partial charge in [-0.05, 0) is 37.0 Å². The predicted molar refractivity (Wildman–Crippen MR) is 107 cm³/mol. The molecule has 150 valence electrons. The van der Waals surface area contributed by atoms with E-state index in [1.54, 1.807) is 18.5 Å². The number of benzene rings is 1. The van der Waals surface area contributed by atoms with E-state index in [2.05, 4.69) is 20.8 Å². The molecule has 0 amide bonds. The molecule has 5 nitrogen and oxygen atoms in total. The maximum atomic E-state index is 10.4. The van der Waals surface area contributed by atoms with Crippen molar-refractivity contribution in [1.82, 2.24) is 0 Å². The fourth-order valence-corrected chi connectivity index (χ4v) is 5.75. The van der Waals surface area contributed by atoms with E-state index in [4.69, 9.17) is 5.11 Å². The van der Waals surface area contributed by atoms with Gasteiger partial charge >= 0.3 is 57.4 Å². The Balaban J connectivity index is -0.000000398. The molecule has 1 rings (SSSR count). The number of carboxylic acid groups (broad SMARTS) is 2. The van der Waals surface area contributed by atoms with Gasteiger partial charge in [0.2, 0.25) is 0 Å². The van der Waals surface area contributed by atoms with Gasteiger partial charge in [-0.25, -0.2) is 4.79 Å². The summed E-state index contributed by atoms with van der Waals surface area (Å²) < 4.78 is 0. The van der Waals surface area contributed by atoms with Gasteiger partial charge in [0.15, 0.2) is 0 Å². The molecule has 0 spiro atoms.